The van der Waals surface area contributed by atoms with E-state index in [1.54, 1.807) is 0 Å². The summed E-state index contributed by atoms with van der Waals surface area (Å²) in [6.45, 7) is 4.09. The van der Waals surface area contributed by atoms with Gasteiger partial charge in [-0.3, -0.25) is 9.59 Å². The zero-order chi connectivity index (χ0) is 19.7. The van der Waals surface area contributed by atoms with E-state index in [1.165, 1.54) is 17.5 Å². The maximum Gasteiger partial charge on any atom is 0.253 e. The number of piperidine rings is 2. The minimum absolute atomic E-state index is 0.0743. The zero-order valence-corrected chi connectivity index (χ0v) is 17.4. The molecule has 1 aliphatic carbocycles. The van der Waals surface area contributed by atoms with Crippen molar-refractivity contribution < 1.29 is 9.59 Å². The minimum atomic E-state index is 0.0743. The Hall–Kier alpha value is -1.88. The van der Waals surface area contributed by atoms with Crippen LogP contribution in [0.4, 0.5) is 0 Å². The standard InChI is InChI=1S/C23H33N3O2/c1-24(2)13-14-25-16-23(11-9-21(25)27)10-4-12-26(17-23)22(28)20-8-7-18-5-3-6-19(18)15-20/h7-8,15H,3-6,9-14,16-17H2,1-2H3. The second-order valence-electron chi connectivity index (χ2n) is 9.29. The molecular weight excluding hydrogens is 350 g/mol. The third-order valence-electron chi connectivity index (χ3n) is 6.86. The molecule has 0 aromatic heterocycles. The fourth-order valence-corrected chi connectivity index (χ4v) is 5.23. The van der Waals surface area contributed by atoms with Gasteiger partial charge in [-0.1, -0.05) is 6.07 Å². The summed E-state index contributed by atoms with van der Waals surface area (Å²) in [7, 11) is 4.09. The second kappa shape index (κ2) is 7.86. The van der Waals surface area contributed by atoms with Crippen molar-refractivity contribution in [3.05, 3.63) is 34.9 Å². The van der Waals surface area contributed by atoms with E-state index in [0.717, 1.165) is 70.4 Å². The number of benzene rings is 1. The first-order valence-corrected chi connectivity index (χ1v) is 10.8. The molecule has 3 aliphatic rings. The van der Waals surface area contributed by atoms with Crippen molar-refractivity contribution in [2.75, 3.05) is 46.8 Å². The van der Waals surface area contributed by atoms with Crippen LogP contribution in [0.5, 0.6) is 0 Å². The van der Waals surface area contributed by atoms with Crippen LogP contribution < -0.4 is 0 Å². The van der Waals surface area contributed by atoms with Gasteiger partial charge in [0.05, 0.1) is 0 Å². The number of carbonyl (C=O) groups excluding carboxylic acids is 2. The Morgan fingerprint density at radius 2 is 1.89 bits per heavy atom. The predicted octanol–water partition coefficient (Wildman–Crippen LogP) is 2.58. The van der Waals surface area contributed by atoms with E-state index in [0.29, 0.717) is 6.42 Å². The van der Waals surface area contributed by atoms with Crippen LogP contribution >= 0.6 is 0 Å². The highest BCUT2D eigenvalue weighted by atomic mass is 16.2. The summed E-state index contributed by atoms with van der Waals surface area (Å²) in [6, 6.07) is 6.29. The first kappa shape index (κ1) is 19.4. The Bertz CT molecular complexity index is 760. The summed E-state index contributed by atoms with van der Waals surface area (Å²) in [6.07, 6.45) is 7.14. The van der Waals surface area contributed by atoms with Crippen LogP contribution in [-0.4, -0.2) is 73.3 Å². The topological polar surface area (TPSA) is 43.9 Å². The number of likely N-dealkylation sites (N-methyl/N-ethyl adjacent to an activating group) is 1. The highest BCUT2D eigenvalue weighted by Gasteiger charge is 2.42. The first-order chi connectivity index (χ1) is 13.5. The lowest BCUT2D eigenvalue weighted by Crippen LogP contribution is -2.55. The first-order valence-electron chi connectivity index (χ1n) is 10.8. The van der Waals surface area contributed by atoms with Crippen LogP contribution in [-0.2, 0) is 17.6 Å². The van der Waals surface area contributed by atoms with Gasteiger partial charge in [0.1, 0.15) is 0 Å². The number of amides is 2. The number of hydrogen-bond acceptors (Lipinski definition) is 3. The molecule has 2 amide bonds. The van der Waals surface area contributed by atoms with Crippen LogP contribution in [0.3, 0.4) is 0 Å². The molecule has 2 saturated heterocycles. The zero-order valence-electron chi connectivity index (χ0n) is 17.4. The molecule has 1 aromatic carbocycles. The molecule has 0 radical (unpaired) electrons. The highest BCUT2D eigenvalue weighted by Crippen LogP contribution is 2.39. The highest BCUT2D eigenvalue weighted by molar-refractivity contribution is 5.94. The van der Waals surface area contributed by atoms with Gasteiger partial charge in [0.2, 0.25) is 5.91 Å². The van der Waals surface area contributed by atoms with Crippen LogP contribution in [0, 0.1) is 5.41 Å². The van der Waals surface area contributed by atoms with E-state index in [2.05, 4.69) is 21.9 Å². The van der Waals surface area contributed by atoms with E-state index in [4.69, 9.17) is 0 Å². The summed E-state index contributed by atoms with van der Waals surface area (Å²) in [5.41, 5.74) is 3.68. The minimum Gasteiger partial charge on any atom is -0.341 e. The number of hydrogen-bond donors (Lipinski definition) is 0. The van der Waals surface area contributed by atoms with Crippen molar-refractivity contribution in [2.45, 2.75) is 44.9 Å². The molecular formula is C23H33N3O2. The fraction of sp³-hybridized carbons (Fsp3) is 0.652. The molecule has 2 aliphatic heterocycles. The lowest BCUT2D eigenvalue weighted by molar-refractivity contribution is -0.139. The Morgan fingerprint density at radius 1 is 1.07 bits per heavy atom. The molecule has 1 spiro atoms. The van der Waals surface area contributed by atoms with Gasteiger partial charge in [0.15, 0.2) is 0 Å². The number of nitrogens with zero attached hydrogens (tertiary/aromatic N) is 3. The summed E-state index contributed by atoms with van der Waals surface area (Å²) >= 11 is 0. The summed E-state index contributed by atoms with van der Waals surface area (Å²) in [5.74, 6) is 0.445. The van der Waals surface area contributed by atoms with Crippen molar-refractivity contribution in [1.82, 2.24) is 14.7 Å². The molecule has 0 saturated carbocycles. The molecule has 2 fully saturated rings. The Balaban J connectivity index is 1.46. The Labute approximate surface area is 168 Å². The summed E-state index contributed by atoms with van der Waals surface area (Å²) in [5, 5.41) is 0. The molecule has 0 N–H and O–H groups in total. The molecule has 5 nitrogen and oxygen atoms in total. The molecule has 2 heterocycles. The Morgan fingerprint density at radius 3 is 2.71 bits per heavy atom. The van der Waals surface area contributed by atoms with E-state index in [-0.39, 0.29) is 17.2 Å². The van der Waals surface area contributed by atoms with E-state index in [1.807, 2.05) is 25.1 Å². The van der Waals surface area contributed by atoms with Gasteiger partial charge in [-0.2, -0.15) is 0 Å². The second-order valence-corrected chi connectivity index (χ2v) is 9.29. The maximum absolute atomic E-state index is 13.2. The van der Waals surface area contributed by atoms with Gasteiger partial charge in [0.25, 0.3) is 5.91 Å². The van der Waals surface area contributed by atoms with Gasteiger partial charge in [-0.05, 0) is 75.9 Å². The lowest BCUT2D eigenvalue weighted by atomic mass is 9.73. The number of carbonyl (C=O) groups is 2. The van der Waals surface area contributed by atoms with Crippen molar-refractivity contribution >= 4 is 11.8 Å². The summed E-state index contributed by atoms with van der Waals surface area (Å²) < 4.78 is 0. The third kappa shape index (κ3) is 3.95. The van der Waals surface area contributed by atoms with Crippen LogP contribution in [0.1, 0.15) is 53.6 Å². The van der Waals surface area contributed by atoms with E-state index in [9.17, 15) is 9.59 Å². The van der Waals surface area contributed by atoms with Crippen LogP contribution in [0.25, 0.3) is 0 Å². The van der Waals surface area contributed by atoms with Gasteiger partial charge >= 0.3 is 0 Å². The van der Waals surface area contributed by atoms with E-state index >= 15 is 0 Å². The van der Waals surface area contributed by atoms with Crippen molar-refractivity contribution in [3.8, 4) is 0 Å². The average molecular weight is 384 g/mol. The van der Waals surface area contributed by atoms with Crippen LogP contribution in [0.2, 0.25) is 0 Å². The normalized spacial score (nSPS) is 24.9. The Kier molecular flexibility index (Phi) is 5.46. The molecule has 1 atom stereocenters. The number of fused-ring (bicyclic) bond motifs is 1. The van der Waals surface area contributed by atoms with Crippen LogP contribution in [0.15, 0.2) is 18.2 Å². The molecule has 0 bridgehead atoms. The van der Waals surface area contributed by atoms with Crippen molar-refractivity contribution in [3.63, 3.8) is 0 Å². The molecule has 28 heavy (non-hydrogen) atoms. The fourth-order valence-electron chi connectivity index (χ4n) is 5.23. The quantitative estimate of drug-likeness (QED) is 0.803. The molecule has 152 valence electrons. The average Bonchev–Trinajstić information content (AvgIpc) is 3.16. The number of likely N-dealkylation sites (tertiary alicyclic amines) is 2. The third-order valence-corrected chi connectivity index (χ3v) is 6.86. The maximum atomic E-state index is 13.2. The van der Waals surface area contributed by atoms with Gasteiger partial charge in [-0.25, -0.2) is 0 Å². The molecule has 1 aromatic rings. The smallest absolute Gasteiger partial charge is 0.253 e. The molecule has 4 rings (SSSR count). The molecule has 1 unspecified atom stereocenters. The van der Waals surface area contributed by atoms with Crippen molar-refractivity contribution in [2.24, 2.45) is 5.41 Å². The number of aryl methyl sites for hydroxylation is 2. The van der Waals surface area contributed by atoms with E-state index < -0.39 is 0 Å². The number of rotatable bonds is 4. The van der Waals surface area contributed by atoms with Gasteiger partial charge < -0.3 is 14.7 Å². The van der Waals surface area contributed by atoms with Crippen molar-refractivity contribution in [1.29, 1.82) is 0 Å². The molecule has 5 heteroatoms. The predicted molar refractivity (Wildman–Crippen MR) is 110 cm³/mol. The lowest BCUT2D eigenvalue weighted by Gasteiger charge is -2.48. The SMILES string of the molecule is CN(C)CCN1CC2(CCCN(C(=O)c3ccc4c(c3)CCC4)C2)CCC1=O. The van der Waals surface area contributed by atoms with Gasteiger partial charge in [0, 0.05) is 50.1 Å². The monoisotopic (exact) mass is 383 g/mol. The van der Waals surface area contributed by atoms with Gasteiger partial charge in [-0.15, -0.1) is 0 Å². The largest absolute Gasteiger partial charge is 0.341 e. The summed E-state index contributed by atoms with van der Waals surface area (Å²) in [4.78, 5) is 31.8.